The van der Waals surface area contributed by atoms with Crippen LogP contribution in [0.5, 0.6) is 11.5 Å². The zero-order valence-corrected chi connectivity index (χ0v) is 15.8. The standard InChI is InChI=1S/C18H21N3O5S/c1-3-26-17-11-14(9-10-16(17)22)12-19-20-18(23)13-21(2)27(24,25)15-7-5-4-6-8-15/h4-12,22H,3,13H2,1-2H3,(H,20,23)/b19-12-. The lowest BCUT2D eigenvalue weighted by Crippen LogP contribution is -2.36. The van der Waals surface area contributed by atoms with Crippen LogP contribution in [0.25, 0.3) is 0 Å². The molecule has 0 aromatic heterocycles. The van der Waals surface area contributed by atoms with E-state index in [1.807, 2.05) is 0 Å². The first-order valence-corrected chi connectivity index (χ1v) is 9.57. The minimum absolute atomic E-state index is 0.00535. The summed E-state index contributed by atoms with van der Waals surface area (Å²) in [7, 11) is -2.43. The van der Waals surface area contributed by atoms with E-state index < -0.39 is 15.9 Å². The van der Waals surface area contributed by atoms with Crippen molar-refractivity contribution in [3.63, 3.8) is 0 Å². The molecule has 1 amide bonds. The van der Waals surface area contributed by atoms with Gasteiger partial charge in [-0.1, -0.05) is 18.2 Å². The van der Waals surface area contributed by atoms with Gasteiger partial charge in [-0.2, -0.15) is 9.41 Å². The van der Waals surface area contributed by atoms with Crippen LogP contribution in [0.3, 0.4) is 0 Å². The summed E-state index contributed by atoms with van der Waals surface area (Å²) < 4.78 is 30.9. The summed E-state index contributed by atoms with van der Waals surface area (Å²) in [6.45, 7) is 1.81. The maximum absolute atomic E-state index is 12.4. The molecule has 2 aromatic rings. The molecular formula is C18H21N3O5S. The molecule has 27 heavy (non-hydrogen) atoms. The first-order valence-electron chi connectivity index (χ1n) is 8.13. The van der Waals surface area contributed by atoms with Crippen molar-refractivity contribution < 1.29 is 23.1 Å². The molecule has 2 rings (SSSR count). The number of phenolic OH excluding ortho intramolecular Hbond substituents is 1. The lowest BCUT2D eigenvalue weighted by molar-refractivity contribution is -0.121. The quantitative estimate of drug-likeness (QED) is 0.524. The summed E-state index contributed by atoms with van der Waals surface area (Å²) in [5.41, 5.74) is 2.87. The number of aromatic hydroxyl groups is 1. The Morgan fingerprint density at radius 2 is 1.96 bits per heavy atom. The van der Waals surface area contributed by atoms with Crippen LogP contribution < -0.4 is 10.2 Å². The van der Waals surface area contributed by atoms with E-state index >= 15 is 0 Å². The first kappa shape index (κ1) is 20.4. The van der Waals surface area contributed by atoms with Crippen LogP contribution in [0.2, 0.25) is 0 Å². The predicted octanol–water partition coefficient (Wildman–Crippen LogP) is 1.56. The Bertz CT molecular complexity index is 914. The maximum atomic E-state index is 12.4. The van der Waals surface area contributed by atoms with Gasteiger partial charge in [0, 0.05) is 7.05 Å². The largest absolute Gasteiger partial charge is 0.504 e. The number of carbonyl (C=O) groups excluding carboxylic acids is 1. The molecule has 0 saturated carbocycles. The van der Waals surface area contributed by atoms with Crippen molar-refractivity contribution in [3.8, 4) is 11.5 Å². The second-order valence-corrected chi connectivity index (χ2v) is 7.57. The van der Waals surface area contributed by atoms with E-state index in [4.69, 9.17) is 4.74 Å². The fourth-order valence-corrected chi connectivity index (χ4v) is 3.30. The van der Waals surface area contributed by atoms with Gasteiger partial charge >= 0.3 is 0 Å². The van der Waals surface area contributed by atoms with E-state index in [2.05, 4.69) is 10.5 Å². The molecule has 9 heteroatoms. The molecule has 0 aliphatic carbocycles. The molecule has 2 aromatic carbocycles. The van der Waals surface area contributed by atoms with Crippen LogP contribution in [-0.2, 0) is 14.8 Å². The molecule has 0 saturated heterocycles. The molecule has 144 valence electrons. The number of benzene rings is 2. The summed E-state index contributed by atoms with van der Waals surface area (Å²) >= 11 is 0. The third-order valence-corrected chi connectivity index (χ3v) is 5.32. The highest BCUT2D eigenvalue weighted by Crippen LogP contribution is 2.26. The van der Waals surface area contributed by atoms with Crippen LogP contribution >= 0.6 is 0 Å². The molecule has 0 aliphatic rings. The number of hydrogen-bond acceptors (Lipinski definition) is 6. The lowest BCUT2D eigenvalue weighted by Gasteiger charge is -2.15. The van der Waals surface area contributed by atoms with Gasteiger partial charge < -0.3 is 9.84 Å². The highest BCUT2D eigenvalue weighted by molar-refractivity contribution is 7.89. The van der Waals surface area contributed by atoms with Crippen molar-refractivity contribution in [2.24, 2.45) is 5.10 Å². The Hall–Kier alpha value is -2.91. The zero-order valence-electron chi connectivity index (χ0n) is 15.0. The van der Waals surface area contributed by atoms with Gasteiger partial charge in [0.15, 0.2) is 11.5 Å². The molecule has 8 nitrogen and oxygen atoms in total. The van der Waals surface area contributed by atoms with Crippen LogP contribution in [0.15, 0.2) is 58.5 Å². The second kappa shape index (κ2) is 9.15. The van der Waals surface area contributed by atoms with Gasteiger partial charge in [0.25, 0.3) is 5.91 Å². The van der Waals surface area contributed by atoms with Crippen molar-refractivity contribution in [2.45, 2.75) is 11.8 Å². The van der Waals surface area contributed by atoms with E-state index in [-0.39, 0.29) is 17.2 Å². The number of rotatable bonds is 8. The maximum Gasteiger partial charge on any atom is 0.255 e. The van der Waals surface area contributed by atoms with E-state index in [1.54, 1.807) is 37.3 Å². The highest BCUT2D eigenvalue weighted by atomic mass is 32.2. The summed E-state index contributed by atoms with van der Waals surface area (Å²) in [5, 5.41) is 13.4. The Morgan fingerprint density at radius 1 is 1.26 bits per heavy atom. The summed E-state index contributed by atoms with van der Waals surface area (Å²) in [5.74, 6) is -0.274. The van der Waals surface area contributed by atoms with Gasteiger partial charge in [-0.15, -0.1) is 0 Å². The Balaban J connectivity index is 1.96. The average Bonchev–Trinajstić information content (AvgIpc) is 2.65. The topological polar surface area (TPSA) is 108 Å². The van der Waals surface area contributed by atoms with Crippen molar-refractivity contribution in [1.29, 1.82) is 0 Å². The fraction of sp³-hybridized carbons (Fsp3) is 0.222. The van der Waals surface area contributed by atoms with E-state index in [0.29, 0.717) is 17.9 Å². The summed E-state index contributed by atoms with van der Waals surface area (Å²) in [6, 6.07) is 12.5. The van der Waals surface area contributed by atoms with Gasteiger partial charge in [0.05, 0.1) is 24.3 Å². The van der Waals surface area contributed by atoms with Crippen LogP contribution in [0.4, 0.5) is 0 Å². The normalized spacial score (nSPS) is 11.7. The van der Waals surface area contributed by atoms with Gasteiger partial charge in [-0.25, -0.2) is 13.8 Å². The molecule has 0 heterocycles. The van der Waals surface area contributed by atoms with Gasteiger partial charge in [0.1, 0.15) is 0 Å². The average molecular weight is 391 g/mol. The molecule has 2 N–H and O–H groups in total. The van der Waals surface area contributed by atoms with E-state index in [1.165, 1.54) is 31.5 Å². The number of nitrogens with zero attached hydrogens (tertiary/aromatic N) is 2. The highest BCUT2D eigenvalue weighted by Gasteiger charge is 2.22. The van der Waals surface area contributed by atoms with Crippen molar-refractivity contribution in [3.05, 3.63) is 54.1 Å². The van der Waals surface area contributed by atoms with Crippen molar-refractivity contribution in [2.75, 3.05) is 20.2 Å². The number of nitrogens with one attached hydrogen (secondary N) is 1. The molecule has 0 bridgehead atoms. The second-order valence-electron chi connectivity index (χ2n) is 5.53. The molecule has 0 atom stereocenters. The smallest absolute Gasteiger partial charge is 0.255 e. The number of hydrogen-bond donors (Lipinski definition) is 2. The number of likely N-dealkylation sites (N-methyl/N-ethyl adjacent to an activating group) is 1. The molecule has 0 fully saturated rings. The number of phenols is 1. The molecule has 0 unspecified atom stereocenters. The monoisotopic (exact) mass is 391 g/mol. The van der Waals surface area contributed by atoms with Gasteiger partial charge in [-0.05, 0) is 42.8 Å². The first-order chi connectivity index (χ1) is 12.8. The summed E-state index contributed by atoms with van der Waals surface area (Å²) in [6.07, 6.45) is 1.37. The van der Waals surface area contributed by atoms with E-state index in [9.17, 15) is 18.3 Å². The van der Waals surface area contributed by atoms with Crippen LogP contribution in [-0.4, -0.2) is 50.2 Å². The number of ether oxygens (including phenoxy) is 1. The van der Waals surface area contributed by atoms with Crippen LogP contribution in [0, 0.1) is 0 Å². The third kappa shape index (κ3) is 5.53. The predicted molar refractivity (Wildman–Crippen MR) is 101 cm³/mol. The molecule has 0 spiro atoms. The SMILES string of the molecule is CCOc1cc(/C=N\NC(=O)CN(C)S(=O)(=O)c2ccccc2)ccc1O. The molecule has 0 aliphatic heterocycles. The zero-order chi connectivity index (χ0) is 19.9. The minimum atomic E-state index is -3.75. The van der Waals surface area contributed by atoms with Gasteiger partial charge in [0.2, 0.25) is 10.0 Å². The van der Waals surface area contributed by atoms with E-state index in [0.717, 1.165) is 4.31 Å². The van der Waals surface area contributed by atoms with Gasteiger partial charge in [-0.3, -0.25) is 4.79 Å². The lowest BCUT2D eigenvalue weighted by atomic mass is 10.2. The Kier molecular flexibility index (Phi) is 6.91. The minimum Gasteiger partial charge on any atom is -0.504 e. The number of carbonyl (C=O) groups is 1. The fourth-order valence-electron chi connectivity index (χ4n) is 2.16. The van der Waals surface area contributed by atoms with Crippen molar-refractivity contribution >= 4 is 22.1 Å². The number of sulfonamides is 1. The third-order valence-electron chi connectivity index (χ3n) is 3.50. The number of hydrazone groups is 1. The molecule has 0 radical (unpaired) electrons. The summed E-state index contributed by atoms with van der Waals surface area (Å²) in [4.78, 5) is 12.1. The molecular weight excluding hydrogens is 370 g/mol. The van der Waals surface area contributed by atoms with Crippen molar-refractivity contribution in [1.82, 2.24) is 9.73 Å². The van der Waals surface area contributed by atoms with Crippen LogP contribution in [0.1, 0.15) is 12.5 Å². The number of amides is 1. The Morgan fingerprint density at radius 3 is 2.63 bits per heavy atom. The Labute approximate surface area is 158 Å².